The smallest absolute Gasteiger partial charge is 0.232 e. The van der Waals surface area contributed by atoms with Crippen molar-refractivity contribution >= 4 is 5.91 Å². The fourth-order valence-corrected chi connectivity index (χ4v) is 3.42. The molecule has 3 aromatic rings. The van der Waals surface area contributed by atoms with Crippen molar-refractivity contribution in [1.82, 2.24) is 5.32 Å². The van der Waals surface area contributed by atoms with Gasteiger partial charge in [0.2, 0.25) is 5.91 Å². The van der Waals surface area contributed by atoms with Crippen molar-refractivity contribution in [2.24, 2.45) is 0 Å². The standard InChI is InChI=1S/C22H21NO4/c1-22(25,13-15-7-6-12-26-15)14-23-21(24)20-16-8-2-4-10-18(16)27-19-11-5-3-9-17(19)20/h2-12,20,25H,13-14H2,1H3,(H,23,24)/t22-/m0/s1. The Labute approximate surface area is 157 Å². The Kier molecular flexibility index (Phi) is 4.46. The van der Waals surface area contributed by atoms with Crippen molar-refractivity contribution in [3.8, 4) is 11.5 Å². The number of aliphatic hydroxyl groups is 1. The summed E-state index contributed by atoms with van der Waals surface area (Å²) in [5, 5.41) is 13.5. The second kappa shape index (κ2) is 6.93. The maximum absolute atomic E-state index is 13.1. The third-order valence-electron chi connectivity index (χ3n) is 4.72. The summed E-state index contributed by atoms with van der Waals surface area (Å²) in [4.78, 5) is 13.1. The van der Waals surface area contributed by atoms with E-state index in [9.17, 15) is 9.90 Å². The molecule has 0 saturated carbocycles. The van der Waals surface area contributed by atoms with E-state index in [2.05, 4.69) is 5.32 Å². The average molecular weight is 363 g/mol. The van der Waals surface area contributed by atoms with Crippen LogP contribution in [-0.2, 0) is 11.2 Å². The lowest BCUT2D eigenvalue weighted by Crippen LogP contribution is -2.44. The molecule has 1 aliphatic heterocycles. The first kappa shape index (κ1) is 17.4. The summed E-state index contributed by atoms with van der Waals surface area (Å²) in [5.41, 5.74) is 0.524. The van der Waals surface area contributed by atoms with Crippen LogP contribution in [0.1, 0.15) is 29.7 Å². The van der Waals surface area contributed by atoms with Gasteiger partial charge in [0, 0.05) is 24.1 Å². The fourth-order valence-electron chi connectivity index (χ4n) is 3.42. The van der Waals surface area contributed by atoms with Crippen molar-refractivity contribution < 1.29 is 19.1 Å². The van der Waals surface area contributed by atoms with Crippen molar-refractivity contribution in [3.63, 3.8) is 0 Å². The largest absolute Gasteiger partial charge is 0.469 e. The van der Waals surface area contributed by atoms with Crippen LogP contribution in [0.4, 0.5) is 0 Å². The lowest BCUT2D eigenvalue weighted by molar-refractivity contribution is -0.123. The van der Waals surface area contributed by atoms with Crippen LogP contribution < -0.4 is 10.1 Å². The molecule has 138 valence electrons. The van der Waals surface area contributed by atoms with E-state index in [4.69, 9.17) is 9.15 Å². The predicted molar refractivity (Wildman–Crippen MR) is 101 cm³/mol. The summed E-state index contributed by atoms with van der Waals surface area (Å²) in [6.45, 7) is 1.80. The van der Waals surface area contributed by atoms with Crippen molar-refractivity contribution in [2.45, 2.75) is 24.9 Å². The molecule has 5 heteroatoms. The summed E-state index contributed by atoms with van der Waals surface area (Å²) in [5.74, 6) is 1.39. The molecule has 4 rings (SSSR count). The van der Waals surface area contributed by atoms with Gasteiger partial charge < -0.3 is 19.6 Å². The van der Waals surface area contributed by atoms with E-state index in [1.807, 2.05) is 48.5 Å². The first-order valence-corrected chi connectivity index (χ1v) is 8.92. The van der Waals surface area contributed by atoms with E-state index in [0.717, 1.165) is 11.1 Å². The van der Waals surface area contributed by atoms with Gasteiger partial charge in [-0.05, 0) is 31.2 Å². The van der Waals surface area contributed by atoms with E-state index in [-0.39, 0.29) is 12.5 Å². The van der Waals surface area contributed by atoms with E-state index in [0.29, 0.717) is 23.7 Å². The quantitative estimate of drug-likeness (QED) is 0.726. The highest BCUT2D eigenvalue weighted by Crippen LogP contribution is 2.43. The second-order valence-corrected chi connectivity index (χ2v) is 7.08. The van der Waals surface area contributed by atoms with Gasteiger partial charge in [0.1, 0.15) is 17.3 Å². The minimum atomic E-state index is -1.11. The third kappa shape index (κ3) is 3.59. The minimum Gasteiger partial charge on any atom is -0.469 e. The summed E-state index contributed by atoms with van der Waals surface area (Å²) >= 11 is 0. The Bertz CT molecular complexity index is 901. The van der Waals surface area contributed by atoms with Gasteiger partial charge in [0.25, 0.3) is 0 Å². The minimum absolute atomic E-state index is 0.119. The summed E-state index contributed by atoms with van der Waals surface area (Å²) in [6, 6.07) is 18.7. The van der Waals surface area contributed by atoms with Gasteiger partial charge in [-0.1, -0.05) is 36.4 Å². The number of benzene rings is 2. The third-order valence-corrected chi connectivity index (χ3v) is 4.72. The number of amides is 1. The van der Waals surface area contributed by atoms with Crippen LogP contribution in [0.2, 0.25) is 0 Å². The van der Waals surface area contributed by atoms with Gasteiger partial charge in [-0.25, -0.2) is 0 Å². The molecule has 2 heterocycles. The van der Waals surface area contributed by atoms with Gasteiger partial charge in [0.15, 0.2) is 0 Å². The predicted octanol–water partition coefficient (Wildman–Crippen LogP) is 3.63. The molecule has 0 saturated heterocycles. The van der Waals surface area contributed by atoms with Crippen LogP contribution in [0.25, 0.3) is 0 Å². The van der Waals surface area contributed by atoms with Crippen molar-refractivity contribution in [1.29, 1.82) is 0 Å². The van der Waals surface area contributed by atoms with Crippen LogP contribution in [0, 0.1) is 0 Å². The maximum atomic E-state index is 13.1. The van der Waals surface area contributed by atoms with Crippen LogP contribution in [0.5, 0.6) is 11.5 Å². The molecule has 2 aromatic carbocycles. The zero-order valence-corrected chi connectivity index (χ0v) is 15.0. The molecule has 1 amide bonds. The first-order chi connectivity index (χ1) is 13.0. The van der Waals surface area contributed by atoms with Crippen LogP contribution in [0.3, 0.4) is 0 Å². The molecule has 0 spiro atoms. The van der Waals surface area contributed by atoms with E-state index in [1.54, 1.807) is 25.3 Å². The van der Waals surface area contributed by atoms with Gasteiger partial charge in [-0.2, -0.15) is 0 Å². The lowest BCUT2D eigenvalue weighted by atomic mass is 9.87. The molecule has 1 aromatic heterocycles. The normalized spacial score (nSPS) is 15.2. The number of carbonyl (C=O) groups is 1. The lowest BCUT2D eigenvalue weighted by Gasteiger charge is -2.29. The Morgan fingerprint density at radius 3 is 2.26 bits per heavy atom. The highest BCUT2D eigenvalue weighted by molar-refractivity contribution is 5.89. The number of fused-ring (bicyclic) bond motifs is 2. The summed E-state index contributed by atoms with van der Waals surface area (Å²) < 4.78 is 11.2. The highest BCUT2D eigenvalue weighted by atomic mass is 16.5. The zero-order chi connectivity index (χ0) is 18.9. The summed E-state index contributed by atoms with van der Waals surface area (Å²) in [7, 11) is 0. The van der Waals surface area contributed by atoms with Gasteiger partial charge in [0.05, 0.1) is 17.8 Å². The number of carbonyl (C=O) groups excluding carboxylic acids is 1. The van der Waals surface area contributed by atoms with Crippen molar-refractivity contribution in [2.75, 3.05) is 6.54 Å². The van der Waals surface area contributed by atoms with E-state index < -0.39 is 11.5 Å². The second-order valence-electron chi connectivity index (χ2n) is 7.08. The highest BCUT2D eigenvalue weighted by Gasteiger charge is 2.33. The van der Waals surface area contributed by atoms with Crippen molar-refractivity contribution in [3.05, 3.63) is 83.8 Å². The fraction of sp³-hybridized carbons (Fsp3) is 0.227. The molecule has 1 atom stereocenters. The number of nitrogens with one attached hydrogen (secondary N) is 1. The van der Waals surface area contributed by atoms with E-state index >= 15 is 0 Å². The topological polar surface area (TPSA) is 71.7 Å². The van der Waals surface area contributed by atoms with Crippen LogP contribution in [-0.4, -0.2) is 23.2 Å². The molecule has 2 N–H and O–H groups in total. The van der Waals surface area contributed by atoms with Gasteiger partial charge in [-0.15, -0.1) is 0 Å². The average Bonchev–Trinajstić information content (AvgIpc) is 3.16. The molecule has 0 fully saturated rings. The molecule has 0 bridgehead atoms. The number of hydrogen-bond acceptors (Lipinski definition) is 4. The molecule has 1 aliphatic rings. The monoisotopic (exact) mass is 363 g/mol. The number of ether oxygens (including phenoxy) is 1. The van der Waals surface area contributed by atoms with Gasteiger partial charge in [-0.3, -0.25) is 4.79 Å². The molecular weight excluding hydrogens is 342 g/mol. The first-order valence-electron chi connectivity index (χ1n) is 8.92. The van der Waals surface area contributed by atoms with Crippen LogP contribution in [0.15, 0.2) is 71.3 Å². The maximum Gasteiger partial charge on any atom is 0.232 e. The number of rotatable bonds is 5. The molecule has 0 aliphatic carbocycles. The zero-order valence-electron chi connectivity index (χ0n) is 15.0. The molecule has 27 heavy (non-hydrogen) atoms. The number of furan rings is 1. The Hall–Kier alpha value is -3.05. The van der Waals surface area contributed by atoms with E-state index in [1.165, 1.54) is 0 Å². The number of hydrogen-bond donors (Lipinski definition) is 2. The SMILES string of the molecule is C[C@@](O)(CNC(=O)C1c2ccccc2Oc2ccccc21)Cc1ccco1. The Morgan fingerprint density at radius 1 is 1.04 bits per heavy atom. The number of para-hydroxylation sites is 2. The van der Waals surface area contributed by atoms with Gasteiger partial charge >= 0.3 is 0 Å². The summed E-state index contributed by atoms with van der Waals surface area (Å²) in [6.07, 6.45) is 1.89. The molecule has 0 radical (unpaired) electrons. The Balaban J connectivity index is 1.55. The molecule has 0 unspecified atom stereocenters. The Morgan fingerprint density at radius 2 is 1.67 bits per heavy atom. The van der Waals surface area contributed by atoms with Crippen LogP contribution >= 0.6 is 0 Å². The molecule has 5 nitrogen and oxygen atoms in total. The molecular formula is C22H21NO4.